The summed E-state index contributed by atoms with van der Waals surface area (Å²) in [7, 11) is -2.84. The van der Waals surface area contributed by atoms with Crippen LogP contribution in [0.1, 0.15) is 6.92 Å². The standard InChI is InChI=1S/C5H8NO5P.2Na/c1-3(7)6-4(5(8)9)2-12(10)11;;/h4H,2H2,1H3,(H,6,7)(H,8,9);;/q;2*+1/p-1. The molecule has 2 unspecified atom stereocenters. The number of rotatable bonds is 4. The van der Waals surface area contributed by atoms with Crippen molar-refractivity contribution in [2.24, 2.45) is 0 Å². The summed E-state index contributed by atoms with van der Waals surface area (Å²) in [5, 5.41) is 12.1. The zero-order valence-corrected chi connectivity index (χ0v) is 13.2. The minimum absolute atomic E-state index is 0. The minimum atomic E-state index is -2.84. The SMILES string of the molecule is CC(=O)NC(C[P+](=O)[O-])C(=O)[O-].[Na+].[Na+]. The van der Waals surface area contributed by atoms with Gasteiger partial charge in [0.25, 0.3) is 0 Å². The quantitative estimate of drug-likeness (QED) is 0.386. The molecule has 14 heavy (non-hydrogen) atoms. The van der Waals surface area contributed by atoms with Crippen LogP contribution in [0.5, 0.6) is 0 Å². The van der Waals surface area contributed by atoms with Gasteiger partial charge in [0.15, 0.2) is 6.16 Å². The molecule has 1 amide bonds. The Morgan fingerprint density at radius 3 is 2.07 bits per heavy atom. The van der Waals surface area contributed by atoms with Gasteiger partial charge in [-0.3, -0.25) is 4.79 Å². The van der Waals surface area contributed by atoms with Gasteiger partial charge in [-0.15, -0.1) is 0 Å². The summed E-state index contributed by atoms with van der Waals surface area (Å²) in [5.74, 6) is -2.22. The minimum Gasteiger partial charge on any atom is -0.595 e. The van der Waals surface area contributed by atoms with Crippen molar-refractivity contribution >= 4 is 19.9 Å². The van der Waals surface area contributed by atoms with Crippen LogP contribution in [0.2, 0.25) is 0 Å². The van der Waals surface area contributed by atoms with Crippen LogP contribution in [-0.2, 0) is 14.2 Å². The predicted octanol–water partition coefficient (Wildman–Crippen LogP) is -8.65. The average Bonchev–Trinajstić information content (AvgIpc) is 1.83. The molecule has 0 bridgehead atoms. The molecule has 1 N–H and O–H groups in total. The molecular weight excluding hydrogens is 231 g/mol. The van der Waals surface area contributed by atoms with Crippen molar-refractivity contribution in [1.29, 1.82) is 0 Å². The maximum atomic E-state index is 10.3. The van der Waals surface area contributed by atoms with Gasteiger partial charge in [-0.25, -0.2) is 0 Å². The van der Waals surface area contributed by atoms with Crippen LogP contribution in [0.3, 0.4) is 0 Å². The number of carboxylic acid groups (broad SMARTS) is 1. The molecule has 0 aromatic heterocycles. The Bertz CT molecular complexity index is 208. The van der Waals surface area contributed by atoms with Crippen molar-refractivity contribution < 1.29 is 83.3 Å². The topological polar surface area (TPSA) is 109 Å². The fourth-order valence-corrected chi connectivity index (χ4v) is 1.11. The third kappa shape index (κ3) is 11.1. The van der Waals surface area contributed by atoms with Crippen LogP contribution in [0.4, 0.5) is 0 Å². The molecule has 0 aliphatic carbocycles. The van der Waals surface area contributed by atoms with Crippen LogP contribution in [-0.4, -0.2) is 24.1 Å². The largest absolute Gasteiger partial charge is 1.00 e. The fourth-order valence-electron chi connectivity index (χ4n) is 0.574. The van der Waals surface area contributed by atoms with E-state index in [-0.39, 0.29) is 59.1 Å². The molecule has 0 saturated heterocycles. The van der Waals surface area contributed by atoms with E-state index >= 15 is 0 Å². The van der Waals surface area contributed by atoms with Gasteiger partial charge in [0.1, 0.15) is 6.04 Å². The second-order valence-electron chi connectivity index (χ2n) is 2.09. The Hall–Kier alpha value is 1.00. The first-order valence-corrected chi connectivity index (χ1v) is 4.39. The van der Waals surface area contributed by atoms with Crippen molar-refractivity contribution in [3.63, 3.8) is 0 Å². The molecular formula is C5H7NNa2O5P+. The van der Waals surface area contributed by atoms with E-state index in [0.29, 0.717) is 0 Å². The first kappa shape index (κ1) is 20.4. The molecule has 0 aliphatic heterocycles. The summed E-state index contributed by atoms with van der Waals surface area (Å²) in [4.78, 5) is 30.6. The molecule has 2 atom stereocenters. The van der Waals surface area contributed by atoms with Crippen LogP contribution in [0.15, 0.2) is 0 Å². The van der Waals surface area contributed by atoms with Crippen molar-refractivity contribution in [1.82, 2.24) is 5.32 Å². The molecule has 0 aromatic carbocycles. The molecule has 0 radical (unpaired) electrons. The number of aliphatic carboxylic acids is 1. The summed E-state index contributed by atoms with van der Waals surface area (Å²) < 4.78 is 10.1. The molecule has 6 nitrogen and oxygen atoms in total. The van der Waals surface area contributed by atoms with Gasteiger partial charge in [-0.05, 0) is 0 Å². The van der Waals surface area contributed by atoms with E-state index in [2.05, 4.69) is 0 Å². The Morgan fingerprint density at radius 2 is 1.86 bits per heavy atom. The van der Waals surface area contributed by atoms with Gasteiger partial charge in [0, 0.05) is 6.92 Å². The molecule has 0 heterocycles. The average molecular weight is 238 g/mol. The zero-order valence-electron chi connectivity index (χ0n) is 8.27. The summed E-state index contributed by atoms with van der Waals surface area (Å²) in [5.41, 5.74) is 0. The van der Waals surface area contributed by atoms with Crippen LogP contribution in [0.25, 0.3) is 0 Å². The van der Waals surface area contributed by atoms with Crippen LogP contribution >= 0.6 is 8.03 Å². The fraction of sp³-hybridized carbons (Fsp3) is 0.600. The summed E-state index contributed by atoms with van der Waals surface area (Å²) in [6, 6.07) is -1.45. The summed E-state index contributed by atoms with van der Waals surface area (Å²) in [6.07, 6.45) is -0.642. The number of hydrogen-bond donors (Lipinski definition) is 1. The normalized spacial score (nSPS) is 11.4. The van der Waals surface area contributed by atoms with Crippen LogP contribution < -0.4 is 74.4 Å². The maximum Gasteiger partial charge on any atom is 1.00 e. The molecule has 9 heteroatoms. The van der Waals surface area contributed by atoms with E-state index in [1.54, 1.807) is 0 Å². The van der Waals surface area contributed by atoms with E-state index in [1.807, 2.05) is 5.32 Å². The van der Waals surface area contributed by atoms with Gasteiger partial charge in [0.2, 0.25) is 5.91 Å². The molecule has 0 saturated carbocycles. The second kappa shape index (κ2) is 10.5. The van der Waals surface area contributed by atoms with Gasteiger partial charge < -0.3 is 20.1 Å². The van der Waals surface area contributed by atoms with Crippen LogP contribution in [0, 0.1) is 0 Å². The van der Waals surface area contributed by atoms with Crippen molar-refractivity contribution in [2.45, 2.75) is 13.0 Å². The summed E-state index contributed by atoms with van der Waals surface area (Å²) in [6.45, 7) is 1.09. The second-order valence-corrected chi connectivity index (χ2v) is 3.12. The monoisotopic (exact) mass is 238 g/mol. The van der Waals surface area contributed by atoms with Gasteiger partial charge >= 0.3 is 67.1 Å². The third-order valence-electron chi connectivity index (χ3n) is 0.994. The van der Waals surface area contributed by atoms with E-state index in [1.165, 1.54) is 0 Å². The number of amides is 1. The molecule has 68 valence electrons. The first-order chi connectivity index (χ1) is 5.43. The molecule has 0 aliphatic rings. The number of carbonyl (C=O) groups is 2. The molecule has 0 fully saturated rings. The predicted molar refractivity (Wildman–Crippen MR) is 35.1 cm³/mol. The Morgan fingerprint density at radius 1 is 1.43 bits per heavy atom. The van der Waals surface area contributed by atoms with Gasteiger partial charge in [-0.2, -0.15) is 0 Å². The van der Waals surface area contributed by atoms with Crippen molar-refractivity contribution in [3.05, 3.63) is 0 Å². The number of carbonyl (C=O) groups excluding carboxylic acids is 2. The Balaban J connectivity index is -0.000000605. The van der Waals surface area contributed by atoms with Gasteiger partial charge in [0.05, 0.1) is 5.97 Å². The van der Waals surface area contributed by atoms with E-state index < -0.39 is 32.1 Å². The number of carboxylic acids is 1. The third-order valence-corrected chi connectivity index (χ3v) is 1.66. The summed E-state index contributed by atoms with van der Waals surface area (Å²) >= 11 is 0. The first-order valence-electron chi connectivity index (χ1n) is 3.03. The molecule has 0 spiro atoms. The Kier molecular flexibility index (Phi) is 15.3. The Labute approximate surface area is 126 Å². The molecule has 0 rings (SSSR count). The van der Waals surface area contributed by atoms with Crippen molar-refractivity contribution in [2.75, 3.05) is 6.16 Å². The smallest absolute Gasteiger partial charge is 0.595 e. The van der Waals surface area contributed by atoms with E-state index in [4.69, 9.17) is 0 Å². The maximum absolute atomic E-state index is 10.3. The van der Waals surface area contributed by atoms with Gasteiger partial charge in [-0.1, -0.05) is 4.57 Å². The van der Waals surface area contributed by atoms with E-state index in [9.17, 15) is 24.2 Å². The number of hydrogen-bond acceptors (Lipinski definition) is 5. The number of nitrogens with one attached hydrogen (secondary N) is 1. The molecule has 0 aromatic rings. The van der Waals surface area contributed by atoms with E-state index in [0.717, 1.165) is 6.92 Å². The zero-order chi connectivity index (χ0) is 9.72. The van der Waals surface area contributed by atoms with Crippen molar-refractivity contribution in [3.8, 4) is 0 Å².